The molecule has 178 valence electrons. The molecule has 4 heterocycles. The van der Waals surface area contributed by atoms with Gasteiger partial charge in [-0.2, -0.15) is 4.98 Å². The topological polar surface area (TPSA) is 100 Å². The summed E-state index contributed by atoms with van der Waals surface area (Å²) < 4.78 is 53.2. The fourth-order valence-electron chi connectivity index (χ4n) is 4.15. The van der Waals surface area contributed by atoms with E-state index in [1.807, 2.05) is 6.07 Å². The first kappa shape index (κ1) is 22.1. The van der Waals surface area contributed by atoms with Gasteiger partial charge in [-0.1, -0.05) is 0 Å². The van der Waals surface area contributed by atoms with E-state index in [1.54, 1.807) is 24.7 Å². The van der Waals surface area contributed by atoms with Gasteiger partial charge >= 0.3 is 0 Å². The maximum Gasteiger partial charge on any atom is 0.270 e. The van der Waals surface area contributed by atoms with Gasteiger partial charge in [-0.05, 0) is 25.0 Å². The molecule has 0 aromatic carbocycles. The molecule has 12 heteroatoms. The van der Waals surface area contributed by atoms with Crippen LogP contribution in [0.4, 0.5) is 23.5 Å². The van der Waals surface area contributed by atoms with Crippen molar-refractivity contribution in [3.63, 3.8) is 0 Å². The molecule has 0 unspecified atom stereocenters. The Labute approximate surface area is 190 Å². The molecule has 8 nitrogen and oxygen atoms in total. The standard InChI is InChI=1S/C22H21F4N7O/c23-17(24)10-29-20(34)16-9-27-18-2-1-12(11-33(16)18)14-7-28-19-15(14)8-30-21(32-19)31-13-3-5-22(25,26)6-4-13/h1-2,7-9,11,13,17H,3-6,10H2,(H,29,34)(H2,28,30,31,32). The first-order valence-electron chi connectivity index (χ1n) is 10.8. The number of amides is 1. The van der Waals surface area contributed by atoms with Crippen LogP contribution in [0.2, 0.25) is 0 Å². The molecule has 1 fully saturated rings. The minimum Gasteiger partial charge on any atom is -0.351 e. The van der Waals surface area contributed by atoms with E-state index in [2.05, 4.69) is 30.6 Å². The van der Waals surface area contributed by atoms with Crippen molar-refractivity contribution in [2.24, 2.45) is 0 Å². The largest absolute Gasteiger partial charge is 0.351 e. The highest BCUT2D eigenvalue weighted by molar-refractivity contribution is 5.95. The molecule has 0 saturated heterocycles. The lowest BCUT2D eigenvalue weighted by molar-refractivity contribution is -0.0361. The molecule has 4 aromatic rings. The number of fused-ring (bicyclic) bond motifs is 2. The molecule has 1 amide bonds. The average Bonchev–Trinajstić information content (AvgIpc) is 3.42. The van der Waals surface area contributed by atoms with Gasteiger partial charge in [-0.25, -0.2) is 27.5 Å². The zero-order chi connectivity index (χ0) is 23.9. The number of nitrogens with one attached hydrogen (secondary N) is 3. The second-order valence-corrected chi connectivity index (χ2v) is 8.32. The number of rotatable bonds is 6. The highest BCUT2D eigenvalue weighted by Crippen LogP contribution is 2.34. The molecular formula is C22H21F4N7O. The maximum atomic E-state index is 13.4. The van der Waals surface area contributed by atoms with Crippen molar-refractivity contribution in [3.8, 4) is 11.1 Å². The Bertz CT molecular complexity index is 1340. The molecule has 0 radical (unpaired) electrons. The van der Waals surface area contributed by atoms with Gasteiger partial charge in [0.25, 0.3) is 12.3 Å². The number of nitrogens with zero attached hydrogens (tertiary/aromatic N) is 4. The molecule has 1 aliphatic carbocycles. The number of aromatic nitrogens is 5. The van der Waals surface area contributed by atoms with Gasteiger partial charge in [0.1, 0.15) is 17.0 Å². The van der Waals surface area contributed by atoms with Crippen LogP contribution in [0, 0.1) is 0 Å². The summed E-state index contributed by atoms with van der Waals surface area (Å²) in [4.78, 5) is 28.4. The molecule has 1 aliphatic rings. The number of hydrogen-bond acceptors (Lipinski definition) is 5. The number of anilines is 1. The summed E-state index contributed by atoms with van der Waals surface area (Å²) in [5.74, 6) is -2.89. The molecule has 0 spiro atoms. The maximum absolute atomic E-state index is 13.4. The van der Waals surface area contributed by atoms with Gasteiger partial charge in [-0.15, -0.1) is 0 Å². The summed E-state index contributed by atoms with van der Waals surface area (Å²) in [6, 6.07) is 3.43. The third-order valence-corrected chi connectivity index (χ3v) is 5.95. The van der Waals surface area contributed by atoms with Crippen LogP contribution in [-0.2, 0) is 0 Å². The van der Waals surface area contributed by atoms with Crippen LogP contribution in [0.1, 0.15) is 36.2 Å². The lowest BCUT2D eigenvalue weighted by Gasteiger charge is -2.28. The SMILES string of the molecule is O=C(NCC(F)F)c1cnc2ccc(-c3c[nH]c4nc(NC5CCC(F)(F)CC5)ncc34)cn12. The van der Waals surface area contributed by atoms with E-state index in [1.165, 1.54) is 10.6 Å². The van der Waals surface area contributed by atoms with Gasteiger partial charge in [0.15, 0.2) is 0 Å². The normalized spacial score (nSPS) is 16.4. The van der Waals surface area contributed by atoms with Gasteiger partial charge in [0, 0.05) is 54.0 Å². The quantitative estimate of drug-likeness (QED) is 0.362. The van der Waals surface area contributed by atoms with Crippen LogP contribution in [0.5, 0.6) is 0 Å². The van der Waals surface area contributed by atoms with Crippen LogP contribution in [0.25, 0.3) is 27.8 Å². The second kappa shape index (κ2) is 8.58. The van der Waals surface area contributed by atoms with E-state index < -0.39 is 24.8 Å². The number of pyridine rings is 1. The van der Waals surface area contributed by atoms with E-state index in [0.717, 1.165) is 16.5 Å². The molecule has 0 aliphatic heterocycles. The van der Waals surface area contributed by atoms with Gasteiger partial charge in [0.05, 0.1) is 12.7 Å². The fraction of sp³-hybridized carbons (Fsp3) is 0.364. The zero-order valence-corrected chi connectivity index (χ0v) is 17.9. The summed E-state index contributed by atoms with van der Waals surface area (Å²) >= 11 is 0. The van der Waals surface area contributed by atoms with Gasteiger partial charge in [0.2, 0.25) is 11.9 Å². The van der Waals surface area contributed by atoms with Crippen molar-refractivity contribution < 1.29 is 22.4 Å². The Kier molecular flexibility index (Phi) is 5.58. The molecule has 1 saturated carbocycles. The van der Waals surface area contributed by atoms with Gasteiger partial charge < -0.3 is 15.6 Å². The summed E-state index contributed by atoms with van der Waals surface area (Å²) in [6.07, 6.45) is 4.15. The smallest absolute Gasteiger partial charge is 0.270 e. The van der Waals surface area contributed by atoms with E-state index in [9.17, 15) is 22.4 Å². The number of carbonyl (C=O) groups excluding carboxylic acids is 1. The lowest BCUT2D eigenvalue weighted by Crippen LogP contribution is -2.32. The van der Waals surface area contributed by atoms with Crippen LogP contribution < -0.4 is 10.6 Å². The molecule has 5 rings (SSSR count). The van der Waals surface area contributed by atoms with Crippen molar-refractivity contribution in [1.82, 2.24) is 29.7 Å². The molecule has 0 bridgehead atoms. The second-order valence-electron chi connectivity index (χ2n) is 8.32. The van der Waals surface area contributed by atoms with E-state index in [4.69, 9.17) is 0 Å². The highest BCUT2D eigenvalue weighted by Gasteiger charge is 2.35. The number of halogens is 4. The van der Waals surface area contributed by atoms with E-state index >= 15 is 0 Å². The van der Waals surface area contributed by atoms with E-state index in [-0.39, 0.29) is 24.6 Å². The summed E-state index contributed by atoms with van der Waals surface area (Å²) in [5.41, 5.74) is 2.70. The Morgan fingerprint density at radius 2 is 2.00 bits per heavy atom. The van der Waals surface area contributed by atoms with E-state index in [0.29, 0.717) is 30.1 Å². The zero-order valence-electron chi connectivity index (χ0n) is 17.9. The molecular weight excluding hydrogens is 454 g/mol. The Hall–Kier alpha value is -3.70. The first-order chi connectivity index (χ1) is 16.3. The molecule has 3 N–H and O–H groups in total. The van der Waals surface area contributed by atoms with Crippen LogP contribution in [0.15, 0.2) is 36.9 Å². The molecule has 0 atom stereocenters. The van der Waals surface area contributed by atoms with Crippen molar-refractivity contribution in [2.45, 2.75) is 44.1 Å². The minimum atomic E-state index is -2.65. The van der Waals surface area contributed by atoms with Crippen LogP contribution in [-0.4, -0.2) is 55.2 Å². The van der Waals surface area contributed by atoms with Crippen LogP contribution >= 0.6 is 0 Å². The summed E-state index contributed by atoms with van der Waals surface area (Å²) in [7, 11) is 0. The summed E-state index contributed by atoms with van der Waals surface area (Å²) in [5, 5.41) is 6.04. The Balaban J connectivity index is 1.39. The number of alkyl halides is 4. The molecule has 4 aromatic heterocycles. The van der Waals surface area contributed by atoms with Crippen molar-refractivity contribution in [3.05, 3.63) is 42.6 Å². The monoisotopic (exact) mass is 475 g/mol. The summed E-state index contributed by atoms with van der Waals surface area (Å²) in [6.45, 7) is -0.745. The lowest BCUT2D eigenvalue weighted by atomic mass is 9.92. The van der Waals surface area contributed by atoms with Crippen molar-refractivity contribution in [1.29, 1.82) is 0 Å². The number of H-pyrrole nitrogens is 1. The number of hydrogen-bond donors (Lipinski definition) is 3. The third-order valence-electron chi connectivity index (χ3n) is 5.95. The van der Waals surface area contributed by atoms with Crippen LogP contribution in [0.3, 0.4) is 0 Å². The fourth-order valence-corrected chi connectivity index (χ4v) is 4.15. The predicted molar refractivity (Wildman–Crippen MR) is 117 cm³/mol. The number of imidazole rings is 1. The predicted octanol–water partition coefficient (Wildman–Crippen LogP) is 4.26. The van der Waals surface area contributed by atoms with Crippen molar-refractivity contribution >= 4 is 28.5 Å². The molecule has 34 heavy (non-hydrogen) atoms. The number of aromatic amines is 1. The Morgan fingerprint density at radius 3 is 2.76 bits per heavy atom. The Morgan fingerprint density at radius 1 is 1.21 bits per heavy atom. The highest BCUT2D eigenvalue weighted by atomic mass is 19.3. The number of carbonyl (C=O) groups is 1. The average molecular weight is 475 g/mol. The van der Waals surface area contributed by atoms with Gasteiger partial charge in [-0.3, -0.25) is 9.20 Å². The minimum absolute atomic E-state index is 0.107. The third kappa shape index (κ3) is 4.39. The van der Waals surface area contributed by atoms with Crippen molar-refractivity contribution in [2.75, 3.05) is 11.9 Å². The first-order valence-corrected chi connectivity index (χ1v) is 10.8.